The Kier molecular flexibility index (Phi) is 5.03. The number of aromatic nitrogens is 1. The molecular weight excluding hydrogens is 250 g/mol. The van der Waals surface area contributed by atoms with E-state index in [-0.39, 0.29) is 10.8 Å². The molecule has 1 rings (SSSR count). The van der Waals surface area contributed by atoms with Crippen LogP contribution < -0.4 is 0 Å². The third-order valence-corrected chi connectivity index (χ3v) is 5.05. The molecule has 1 nitrogen and oxygen atoms in total. The van der Waals surface area contributed by atoms with Crippen molar-refractivity contribution in [1.29, 1.82) is 0 Å². The zero-order valence-corrected chi connectivity index (χ0v) is 13.2. The predicted octanol–water partition coefficient (Wildman–Crippen LogP) is 5.03. The molecule has 1 aromatic rings. The quantitative estimate of drug-likeness (QED) is 0.686. The van der Waals surface area contributed by atoms with Gasteiger partial charge < -0.3 is 0 Å². The van der Waals surface area contributed by atoms with Crippen molar-refractivity contribution in [1.82, 2.24) is 4.98 Å². The Labute approximate surface area is 115 Å². The Bertz CT molecular complexity index is 339. The van der Waals surface area contributed by atoms with Crippen LogP contribution in [0.2, 0.25) is 0 Å². The fourth-order valence-corrected chi connectivity index (χ4v) is 3.46. The normalized spacial score (nSPS) is 13.1. The SMILES string of the molecule is CCC(CC)(CCl)Cc1nc(C(C)(C)C)cs1. The molecule has 98 valence electrons. The molecule has 0 aromatic carbocycles. The average Bonchev–Trinajstić information content (AvgIpc) is 2.74. The molecule has 0 aliphatic rings. The maximum Gasteiger partial charge on any atom is 0.0934 e. The fourth-order valence-electron chi connectivity index (χ4n) is 1.79. The van der Waals surface area contributed by atoms with Crippen LogP contribution in [0.15, 0.2) is 5.38 Å². The van der Waals surface area contributed by atoms with Crippen LogP contribution in [0, 0.1) is 5.41 Å². The molecule has 0 fully saturated rings. The first-order chi connectivity index (χ1) is 7.87. The van der Waals surface area contributed by atoms with Gasteiger partial charge in [-0.05, 0) is 18.3 Å². The molecule has 0 atom stereocenters. The van der Waals surface area contributed by atoms with E-state index in [0.717, 1.165) is 25.1 Å². The van der Waals surface area contributed by atoms with Gasteiger partial charge in [0, 0.05) is 23.1 Å². The molecule has 0 spiro atoms. The van der Waals surface area contributed by atoms with Crippen LogP contribution in [-0.4, -0.2) is 10.9 Å². The number of alkyl halides is 1. The van der Waals surface area contributed by atoms with Crippen molar-refractivity contribution < 1.29 is 0 Å². The number of hydrogen-bond donors (Lipinski definition) is 0. The molecule has 0 aliphatic heterocycles. The summed E-state index contributed by atoms with van der Waals surface area (Å²) in [5, 5.41) is 3.43. The van der Waals surface area contributed by atoms with Gasteiger partial charge in [0.15, 0.2) is 0 Å². The highest BCUT2D eigenvalue weighted by Crippen LogP contribution is 2.34. The van der Waals surface area contributed by atoms with E-state index in [4.69, 9.17) is 16.6 Å². The third kappa shape index (κ3) is 3.69. The first-order valence-corrected chi connectivity index (χ1v) is 7.79. The van der Waals surface area contributed by atoms with Crippen molar-refractivity contribution >= 4 is 22.9 Å². The highest BCUT2D eigenvalue weighted by Gasteiger charge is 2.27. The summed E-state index contributed by atoms with van der Waals surface area (Å²) in [5.74, 6) is 0.727. The molecule has 0 amide bonds. The van der Waals surface area contributed by atoms with Crippen LogP contribution in [0.4, 0.5) is 0 Å². The summed E-state index contributed by atoms with van der Waals surface area (Å²) >= 11 is 7.93. The second-order valence-corrected chi connectivity index (χ2v) is 7.10. The van der Waals surface area contributed by atoms with E-state index in [1.54, 1.807) is 11.3 Å². The monoisotopic (exact) mass is 273 g/mol. The van der Waals surface area contributed by atoms with Crippen LogP contribution in [0.1, 0.15) is 58.2 Å². The molecule has 0 saturated heterocycles. The fraction of sp³-hybridized carbons (Fsp3) is 0.786. The van der Waals surface area contributed by atoms with Gasteiger partial charge in [-0.25, -0.2) is 4.98 Å². The van der Waals surface area contributed by atoms with Crippen LogP contribution in [0.3, 0.4) is 0 Å². The van der Waals surface area contributed by atoms with E-state index in [9.17, 15) is 0 Å². The van der Waals surface area contributed by atoms with Crippen molar-refractivity contribution in [2.45, 2.75) is 59.3 Å². The van der Waals surface area contributed by atoms with Crippen molar-refractivity contribution in [2.75, 3.05) is 5.88 Å². The van der Waals surface area contributed by atoms with Crippen molar-refractivity contribution in [3.05, 3.63) is 16.1 Å². The van der Waals surface area contributed by atoms with Crippen LogP contribution in [0.25, 0.3) is 0 Å². The molecule has 1 heterocycles. The first-order valence-electron chi connectivity index (χ1n) is 6.37. The molecule has 0 saturated carbocycles. The number of thiazole rings is 1. The average molecular weight is 274 g/mol. The lowest BCUT2D eigenvalue weighted by atomic mass is 9.81. The summed E-state index contributed by atoms with van der Waals surface area (Å²) < 4.78 is 0. The van der Waals surface area contributed by atoms with Crippen LogP contribution >= 0.6 is 22.9 Å². The van der Waals surface area contributed by atoms with Gasteiger partial charge in [-0.2, -0.15) is 0 Å². The Balaban J connectivity index is 2.85. The van der Waals surface area contributed by atoms with Gasteiger partial charge in [-0.1, -0.05) is 34.6 Å². The van der Waals surface area contributed by atoms with Crippen LogP contribution in [-0.2, 0) is 11.8 Å². The molecule has 0 radical (unpaired) electrons. The summed E-state index contributed by atoms with van der Waals surface area (Å²) in [7, 11) is 0. The Morgan fingerprint density at radius 1 is 1.24 bits per heavy atom. The second-order valence-electron chi connectivity index (χ2n) is 5.89. The molecule has 0 unspecified atom stereocenters. The van der Waals surface area contributed by atoms with Gasteiger partial charge in [0.1, 0.15) is 0 Å². The predicted molar refractivity (Wildman–Crippen MR) is 78.3 cm³/mol. The Hall–Kier alpha value is -0.0800. The molecule has 3 heteroatoms. The topological polar surface area (TPSA) is 12.9 Å². The molecule has 1 aromatic heterocycles. The summed E-state index contributed by atoms with van der Waals surface area (Å²) in [6.07, 6.45) is 3.26. The van der Waals surface area contributed by atoms with Crippen molar-refractivity contribution in [3.63, 3.8) is 0 Å². The van der Waals surface area contributed by atoms with E-state index in [0.29, 0.717) is 0 Å². The number of halogens is 1. The number of hydrogen-bond acceptors (Lipinski definition) is 2. The summed E-state index contributed by atoms with van der Waals surface area (Å²) in [4.78, 5) is 4.77. The standard InChI is InChI=1S/C14H24ClNS/c1-6-14(7-2,10-15)8-12-16-11(9-17-12)13(3,4)5/h9H,6-8,10H2,1-5H3. The van der Waals surface area contributed by atoms with E-state index >= 15 is 0 Å². The van der Waals surface area contributed by atoms with Gasteiger partial charge in [-0.3, -0.25) is 0 Å². The van der Waals surface area contributed by atoms with E-state index in [1.807, 2.05) is 0 Å². The second kappa shape index (κ2) is 5.71. The van der Waals surface area contributed by atoms with Crippen molar-refractivity contribution in [2.24, 2.45) is 5.41 Å². The zero-order chi connectivity index (χ0) is 13.1. The Morgan fingerprint density at radius 2 is 1.82 bits per heavy atom. The number of rotatable bonds is 5. The van der Waals surface area contributed by atoms with Crippen LogP contribution in [0.5, 0.6) is 0 Å². The summed E-state index contributed by atoms with van der Waals surface area (Å²) in [5.41, 5.74) is 1.58. The smallest absolute Gasteiger partial charge is 0.0934 e. The summed E-state index contributed by atoms with van der Waals surface area (Å²) in [6, 6.07) is 0. The maximum absolute atomic E-state index is 6.15. The van der Waals surface area contributed by atoms with E-state index in [2.05, 4.69) is 40.0 Å². The highest BCUT2D eigenvalue weighted by atomic mass is 35.5. The molecule has 0 bridgehead atoms. The van der Waals surface area contributed by atoms with Gasteiger partial charge in [0.05, 0.1) is 10.7 Å². The van der Waals surface area contributed by atoms with Gasteiger partial charge >= 0.3 is 0 Å². The third-order valence-electron chi connectivity index (χ3n) is 3.63. The lowest BCUT2D eigenvalue weighted by Crippen LogP contribution is -2.24. The summed E-state index contributed by atoms with van der Waals surface area (Å²) in [6.45, 7) is 11.1. The largest absolute Gasteiger partial charge is 0.246 e. The highest BCUT2D eigenvalue weighted by molar-refractivity contribution is 7.09. The number of nitrogens with zero attached hydrogens (tertiary/aromatic N) is 1. The molecule has 17 heavy (non-hydrogen) atoms. The van der Waals surface area contributed by atoms with Gasteiger partial charge in [0.2, 0.25) is 0 Å². The van der Waals surface area contributed by atoms with E-state index in [1.165, 1.54) is 10.7 Å². The maximum atomic E-state index is 6.15. The molecule has 0 N–H and O–H groups in total. The minimum Gasteiger partial charge on any atom is -0.246 e. The molecule has 0 aliphatic carbocycles. The molecular formula is C14H24ClNS. The van der Waals surface area contributed by atoms with Gasteiger partial charge in [0.25, 0.3) is 0 Å². The van der Waals surface area contributed by atoms with Crippen molar-refractivity contribution in [3.8, 4) is 0 Å². The lowest BCUT2D eigenvalue weighted by molar-refractivity contribution is 0.301. The minimum atomic E-state index is 0.150. The lowest BCUT2D eigenvalue weighted by Gasteiger charge is -2.28. The minimum absolute atomic E-state index is 0.150. The van der Waals surface area contributed by atoms with E-state index < -0.39 is 0 Å². The van der Waals surface area contributed by atoms with Gasteiger partial charge in [-0.15, -0.1) is 22.9 Å². The first kappa shape index (κ1) is 15.0. The Morgan fingerprint density at radius 3 is 2.18 bits per heavy atom. The zero-order valence-electron chi connectivity index (χ0n) is 11.6.